The molecule has 0 spiro atoms. The van der Waals surface area contributed by atoms with Gasteiger partial charge in [-0.2, -0.15) is 0 Å². The van der Waals surface area contributed by atoms with E-state index in [1.807, 2.05) is 0 Å². The van der Waals surface area contributed by atoms with E-state index in [-0.39, 0.29) is 0 Å². The van der Waals surface area contributed by atoms with Gasteiger partial charge < -0.3 is 17.5 Å². The Bertz CT molecular complexity index is 304. The highest BCUT2D eigenvalue weighted by molar-refractivity contribution is 6.72. The Labute approximate surface area is 67.5 Å². The van der Waals surface area contributed by atoms with E-state index in [0.717, 1.165) is 12.6 Å². The average molecular weight is 175 g/mol. The van der Waals surface area contributed by atoms with Gasteiger partial charge in [-0.1, -0.05) is 0 Å². The van der Waals surface area contributed by atoms with Gasteiger partial charge in [0.1, 0.15) is 5.82 Å². The Balaban J connectivity index is 2.46. The van der Waals surface area contributed by atoms with E-state index >= 15 is 0 Å². The molecule has 1 aliphatic heterocycles. The van der Waals surface area contributed by atoms with Gasteiger partial charge in [0, 0.05) is 19.2 Å². The van der Waals surface area contributed by atoms with Crippen LogP contribution >= 0.6 is 0 Å². The van der Waals surface area contributed by atoms with Gasteiger partial charge in [-0.25, -0.2) is 4.98 Å². The van der Waals surface area contributed by atoms with Crippen LogP contribution in [0.3, 0.4) is 0 Å². The van der Waals surface area contributed by atoms with Crippen molar-refractivity contribution >= 4 is 12.6 Å². The fraction of sp³-hybridized carbons (Fsp3) is 0.500. The highest BCUT2D eigenvalue weighted by Gasteiger charge is 2.32. The third kappa shape index (κ3) is 1.02. The molecule has 0 atom stereocenters. The van der Waals surface area contributed by atoms with Crippen LogP contribution in [0.2, 0.25) is 0 Å². The van der Waals surface area contributed by atoms with Crippen molar-refractivity contribution in [2.45, 2.75) is 19.4 Å². The van der Waals surface area contributed by atoms with Gasteiger partial charge in [-0.05, 0) is 12.0 Å². The average Bonchev–Trinajstić information content (AvgIpc) is 2.37. The molecule has 0 unspecified atom stereocenters. The molecule has 2 heterocycles. The molecule has 2 rings (SSSR count). The van der Waals surface area contributed by atoms with E-state index in [4.69, 9.17) is 0 Å². The Kier molecular flexibility index (Phi) is 1.46. The standard InChI is InChI=1S/C6H7BF3N2/c8-7(9,10)5-4-11-6-2-1-3-12(5)6/h4H,1-3H2/q-1. The number of imidazole rings is 1. The smallest absolute Gasteiger partial charge is 0.444 e. The van der Waals surface area contributed by atoms with Crippen molar-refractivity contribution in [3.8, 4) is 0 Å². The Morgan fingerprint density at radius 3 is 2.83 bits per heavy atom. The van der Waals surface area contributed by atoms with Crippen molar-refractivity contribution in [3.05, 3.63) is 12.0 Å². The second-order valence-corrected chi connectivity index (χ2v) is 2.93. The summed E-state index contributed by atoms with van der Waals surface area (Å²) < 4.78 is 38.1. The monoisotopic (exact) mass is 175 g/mol. The van der Waals surface area contributed by atoms with Crippen LogP contribution in [-0.4, -0.2) is 16.5 Å². The van der Waals surface area contributed by atoms with Crippen LogP contribution in [0.4, 0.5) is 12.9 Å². The summed E-state index contributed by atoms with van der Waals surface area (Å²) in [6, 6.07) is 0. The van der Waals surface area contributed by atoms with Gasteiger partial charge in [0.15, 0.2) is 0 Å². The van der Waals surface area contributed by atoms with Crippen LogP contribution in [-0.2, 0) is 13.0 Å². The topological polar surface area (TPSA) is 17.8 Å². The minimum absolute atomic E-state index is 0.464. The summed E-state index contributed by atoms with van der Waals surface area (Å²) in [5, 5.41) is 0. The van der Waals surface area contributed by atoms with Gasteiger partial charge in [0.05, 0.1) is 0 Å². The molecule has 2 nitrogen and oxygen atoms in total. The molecule has 0 saturated carbocycles. The molecule has 0 radical (unpaired) electrons. The molecule has 1 aromatic rings. The molecule has 0 bridgehead atoms. The second kappa shape index (κ2) is 2.28. The summed E-state index contributed by atoms with van der Waals surface area (Å²) in [5.74, 6) is 0.573. The number of rotatable bonds is 1. The quantitative estimate of drug-likeness (QED) is 0.579. The Morgan fingerprint density at radius 2 is 2.17 bits per heavy atom. The minimum Gasteiger partial charge on any atom is -0.444 e. The van der Waals surface area contributed by atoms with Crippen molar-refractivity contribution in [2.24, 2.45) is 0 Å². The molecular formula is C6H7BF3N2-. The maximum atomic E-state index is 12.3. The van der Waals surface area contributed by atoms with Crippen LogP contribution < -0.4 is 5.59 Å². The summed E-state index contributed by atoms with van der Waals surface area (Å²) in [6.07, 6.45) is 2.39. The zero-order valence-corrected chi connectivity index (χ0v) is 6.30. The maximum Gasteiger partial charge on any atom is 0.527 e. The zero-order valence-electron chi connectivity index (χ0n) is 6.30. The molecule has 0 fully saturated rings. The molecule has 1 aromatic heterocycles. The van der Waals surface area contributed by atoms with Crippen molar-refractivity contribution in [2.75, 3.05) is 0 Å². The predicted molar refractivity (Wildman–Crippen MR) is 39.3 cm³/mol. The Morgan fingerprint density at radius 1 is 1.42 bits per heavy atom. The normalized spacial score (nSPS) is 16.6. The third-order valence-corrected chi connectivity index (χ3v) is 2.09. The molecule has 12 heavy (non-hydrogen) atoms. The lowest BCUT2D eigenvalue weighted by Crippen LogP contribution is -2.39. The Hall–Kier alpha value is -0.935. The van der Waals surface area contributed by atoms with Crippen LogP contribution in [0.15, 0.2) is 6.20 Å². The molecular weight excluding hydrogens is 168 g/mol. The fourth-order valence-electron chi connectivity index (χ4n) is 1.54. The SMILES string of the molecule is F[B-](F)(F)c1cnc2n1CCC2. The lowest BCUT2D eigenvalue weighted by molar-refractivity contribution is 0.493. The van der Waals surface area contributed by atoms with Crippen LogP contribution in [0.5, 0.6) is 0 Å². The van der Waals surface area contributed by atoms with Gasteiger partial charge in [-0.15, -0.1) is 0 Å². The predicted octanol–water partition coefficient (Wildman–Crippen LogP) is 0.884. The van der Waals surface area contributed by atoms with Gasteiger partial charge in [-0.3, -0.25) is 0 Å². The van der Waals surface area contributed by atoms with E-state index in [2.05, 4.69) is 4.98 Å². The van der Waals surface area contributed by atoms with E-state index in [1.165, 1.54) is 4.57 Å². The molecule has 0 aliphatic carbocycles. The number of hydrogen-bond acceptors (Lipinski definition) is 1. The molecule has 0 aromatic carbocycles. The van der Waals surface area contributed by atoms with E-state index in [9.17, 15) is 12.9 Å². The first-order valence-electron chi connectivity index (χ1n) is 3.83. The highest BCUT2D eigenvalue weighted by Crippen LogP contribution is 2.15. The van der Waals surface area contributed by atoms with Crippen LogP contribution in [0, 0.1) is 0 Å². The fourth-order valence-corrected chi connectivity index (χ4v) is 1.54. The molecule has 0 N–H and O–H groups in total. The summed E-state index contributed by atoms with van der Waals surface area (Å²) in [5.41, 5.74) is -0.553. The molecule has 0 saturated heterocycles. The first kappa shape index (κ1) is 7.70. The van der Waals surface area contributed by atoms with Crippen molar-refractivity contribution < 1.29 is 12.9 Å². The first-order chi connectivity index (χ1) is 5.59. The number of aryl methyl sites for hydroxylation is 1. The minimum atomic E-state index is -4.88. The first-order valence-corrected chi connectivity index (χ1v) is 3.83. The van der Waals surface area contributed by atoms with Crippen molar-refractivity contribution in [1.82, 2.24) is 9.55 Å². The second-order valence-electron chi connectivity index (χ2n) is 2.93. The summed E-state index contributed by atoms with van der Waals surface area (Å²) >= 11 is 0. The molecule has 6 heteroatoms. The van der Waals surface area contributed by atoms with Crippen molar-refractivity contribution in [3.63, 3.8) is 0 Å². The van der Waals surface area contributed by atoms with Crippen LogP contribution in [0.1, 0.15) is 12.2 Å². The van der Waals surface area contributed by atoms with E-state index in [1.54, 1.807) is 0 Å². The zero-order chi connectivity index (χ0) is 8.77. The lowest BCUT2D eigenvalue weighted by Gasteiger charge is -2.15. The summed E-state index contributed by atoms with van der Waals surface area (Å²) in [6.45, 7) is -4.41. The lowest BCUT2D eigenvalue weighted by atomic mass is 9.86. The van der Waals surface area contributed by atoms with Crippen LogP contribution in [0.25, 0.3) is 0 Å². The third-order valence-electron chi connectivity index (χ3n) is 2.09. The number of fused-ring (bicyclic) bond motifs is 1. The van der Waals surface area contributed by atoms with Gasteiger partial charge >= 0.3 is 6.98 Å². The molecule has 1 aliphatic rings. The summed E-state index contributed by atoms with van der Waals surface area (Å²) in [7, 11) is 0. The number of nitrogens with zero attached hydrogens (tertiary/aromatic N) is 2. The molecule has 0 amide bonds. The maximum absolute atomic E-state index is 12.3. The van der Waals surface area contributed by atoms with E-state index in [0.29, 0.717) is 18.8 Å². The van der Waals surface area contributed by atoms with E-state index < -0.39 is 12.6 Å². The number of halogens is 3. The number of aromatic nitrogens is 2. The number of hydrogen-bond donors (Lipinski definition) is 0. The highest BCUT2D eigenvalue weighted by atomic mass is 19.4. The van der Waals surface area contributed by atoms with Crippen molar-refractivity contribution in [1.29, 1.82) is 0 Å². The molecule has 66 valence electrons. The van der Waals surface area contributed by atoms with Gasteiger partial charge in [0.25, 0.3) is 0 Å². The largest absolute Gasteiger partial charge is 0.527 e. The van der Waals surface area contributed by atoms with Gasteiger partial charge in [0.2, 0.25) is 0 Å². The summed E-state index contributed by atoms with van der Waals surface area (Å²) in [4.78, 5) is 3.72.